The van der Waals surface area contributed by atoms with Crippen LogP contribution < -0.4 is 4.74 Å². The molecule has 14 heavy (non-hydrogen) atoms. The summed E-state index contributed by atoms with van der Waals surface area (Å²) in [4.78, 5) is 13.6. The van der Waals surface area contributed by atoms with E-state index < -0.39 is 4.92 Å². The van der Waals surface area contributed by atoms with E-state index in [4.69, 9.17) is 16.3 Å². The number of nitro groups is 1. The van der Waals surface area contributed by atoms with Gasteiger partial charge in [0, 0.05) is 6.07 Å². The van der Waals surface area contributed by atoms with E-state index in [2.05, 4.69) is 4.98 Å². The largest absolute Gasteiger partial charge is 0.481 e. The monoisotopic (exact) mass is 214 g/mol. The maximum Gasteiger partial charge on any atom is 0.407 e. The van der Waals surface area contributed by atoms with Crippen molar-refractivity contribution in [3.05, 3.63) is 27.4 Å². The first-order chi connectivity index (χ1) is 6.68. The molecule has 2 rings (SSSR count). The van der Waals surface area contributed by atoms with Gasteiger partial charge in [0.2, 0.25) is 5.75 Å². The number of hydrogen-bond acceptors (Lipinski definition) is 4. The molecule has 0 saturated heterocycles. The number of rotatable bonds is 3. The van der Waals surface area contributed by atoms with E-state index in [1.165, 1.54) is 12.3 Å². The first-order valence-corrected chi connectivity index (χ1v) is 4.52. The van der Waals surface area contributed by atoms with Crippen molar-refractivity contribution in [2.45, 2.75) is 18.9 Å². The molecule has 74 valence electrons. The van der Waals surface area contributed by atoms with E-state index in [1.807, 2.05) is 0 Å². The smallest absolute Gasteiger partial charge is 0.407 e. The quantitative estimate of drug-likeness (QED) is 0.571. The molecule has 0 unspecified atom stereocenters. The molecule has 1 aromatic heterocycles. The van der Waals surface area contributed by atoms with Crippen molar-refractivity contribution in [2.24, 2.45) is 0 Å². The molecular weight excluding hydrogens is 208 g/mol. The molecule has 1 fully saturated rings. The van der Waals surface area contributed by atoms with Crippen molar-refractivity contribution in [1.82, 2.24) is 4.98 Å². The number of ether oxygens (including phenoxy) is 1. The van der Waals surface area contributed by atoms with Crippen molar-refractivity contribution in [1.29, 1.82) is 0 Å². The topological polar surface area (TPSA) is 65.3 Å². The van der Waals surface area contributed by atoms with Gasteiger partial charge in [-0.05, 0) is 22.7 Å². The van der Waals surface area contributed by atoms with Gasteiger partial charge in [-0.3, -0.25) is 0 Å². The Morgan fingerprint density at radius 1 is 1.64 bits per heavy atom. The molecule has 0 aromatic carbocycles. The van der Waals surface area contributed by atoms with Crippen LogP contribution in [0.15, 0.2) is 12.3 Å². The van der Waals surface area contributed by atoms with E-state index in [0.29, 0.717) is 0 Å². The Morgan fingerprint density at radius 3 is 2.93 bits per heavy atom. The summed E-state index contributed by atoms with van der Waals surface area (Å²) in [6, 6.07) is 1.48. The Balaban J connectivity index is 2.36. The SMILES string of the molecule is O=[N+]([O-])c1nccc(Cl)c1OC1CC1. The van der Waals surface area contributed by atoms with Gasteiger partial charge in [-0.1, -0.05) is 11.6 Å². The summed E-state index contributed by atoms with van der Waals surface area (Å²) in [5, 5.41) is 10.8. The molecule has 1 aromatic rings. The van der Waals surface area contributed by atoms with E-state index in [0.717, 1.165) is 12.8 Å². The zero-order chi connectivity index (χ0) is 10.1. The number of aromatic nitrogens is 1. The molecule has 1 aliphatic carbocycles. The van der Waals surface area contributed by atoms with Crippen molar-refractivity contribution in [2.75, 3.05) is 0 Å². The van der Waals surface area contributed by atoms with Crippen LogP contribution in [-0.2, 0) is 0 Å². The van der Waals surface area contributed by atoms with Gasteiger partial charge in [0.1, 0.15) is 6.20 Å². The average Bonchev–Trinajstić information content (AvgIpc) is 2.91. The van der Waals surface area contributed by atoms with Gasteiger partial charge in [0.15, 0.2) is 0 Å². The lowest BCUT2D eigenvalue weighted by Crippen LogP contribution is -2.02. The van der Waals surface area contributed by atoms with Crippen molar-refractivity contribution in [3.8, 4) is 5.75 Å². The summed E-state index contributed by atoms with van der Waals surface area (Å²) in [5.41, 5.74) is 0. The fraction of sp³-hybridized carbons (Fsp3) is 0.375. The second-order valence-corrected chi connectivity index (χ2v) is 3.43. The highest BCUT2D eigenvalue weighted by Crippen LogP contribution is 2.37. The zero-order valence-corrected chi connectivity index (χ0v) is 7.90. The number of pyridine rings is 1. The summed E-state index contributed by atoms with van der Waals surface area (Å²) < 4.78 is 5.31. The minimum atomic E-state index is -0.594. The molecule has 1 heterocycles. The molecule has 0 N–H and O–H groups in total. The molecule has 0 radical (unpaired) electrons. The van der Waals surface area contributed by atoms with Gasteiger partial charge in [-0.15, -0.1) is 0 Å². The lowest BCUT2D eigenvalue weighted by atomic mass is 10.4. The Morgan fingerprint density at radius 2 is 2.36 bits per heavy atom. The molecule has 0 atom stereocenters. The molecule has 5 nitrogen and oxygen atoms in total. The minimum absolute atomic E-state index is 0.0652. The van der Waals surface area contributed by atoms with Crippen molar-refractivity contribution in [3.63, 3.8) is 0 Å². The standard InChI is InChI=1S/C8H7ClN2O3/c9-6-3-4-10-8(11(12)13)7(6)14-5-1-2-5/h3-5H,1-2H2. The highest BCUT2D eigenvalue weighted by atomic mass is 35.5. The van der Waals surface area contributed by atoms with Crippen molar-refractivity contribution < 1.29 is 9.66 Å². The number of halogens is 1. The van der Waals surface area contributed by atoms with E-state index in [1.54, 1.807) is 0 Å². The molecule has 1 saturated carbocycles. The highest BCUT2D eigenvalue weighted by Gasteiger charge is 2.29. The highest BCUT2D eigenvalue weighted by molar-refractivity contribution is 6.32. The fourth-order valence-electron chi connectivity index (χ4n) is 1.01. The lowest BCUT2D eigenvalue weighted by Gasteiger charge is -2.05. The Bertz CT molecular complexity index is 379. The lowest BCUT2D eigenvalue weighted by molar-refractivity contribution is -0.390. The molecule has 6 heteroatoms. The Labute approximate surface area is 84.8 Å². The van der Waals surface area contributed by atoms with Crippen LogP contribution in [0.1, 0.15) is 12.8 Å². The Hall–Kier alpha value is -1.36. The first-order valence-electron chi connectivity index (χ1n) is 4.14. The van der Waals surface area contributed by atoms with Crippen LogP contribution in [0.25, 0.3) is 0 Å². The van der Waals surface area contributed by atoms with Gasteiger partial charge < -0.3 is 14.9 Å². The third-order valence-corrected chi connectivity index (χ3v) is 2.12. The minimum Gasteiger partial charge on any atom is -0.481 e. The summed E-state index contributed by atoms with van der Waals surface area (Å²) in [7, 11) is 0. The molecule has 0 spiro atoms. The zero-order valence-electron chi connectivity index (χ0n) is 7.14. The van der Waals surface area contributed by atoms with Crippen molar-refractivity contribution >= 4 is 17.4 Å². The van der Waals surface area contributed by atoms with E-state index in [9.17, 15) is 10.1 Å². The van der Waals surface area contributed by atoms with Crippen LogP contribution in [0.5, 0.6) is 5.75 Å². The second-order valence-electron chi connectivity index (χ2n) is 3.02. The fourth-order valence-corrected chi connectivity index (χ4v) is 1.19. The van der Waals surface area contributed by atoms with Crippen LogP contribution >= 0.6 is 11.6 Å². The van der Waals surface area contributed by atoms with Gasteiger partial charge in [-0.2, -0.15) is 0 Å². The van der Waals surface area contributed by atoms with Gasteiger partial charge in [-0.25, -0.2) is 0 Å². The van der Waals surface area contributed by atoms with Gasteiger partial charge in [0.25, 0.3) is 0 Å². The summed E-state index contributed by atoms with van der Waals surface area (Å²) in [5.74, 6) is -0.230. The number of hydrogen-bond donors (Lipinski definition) is 0. The van der Waals surface area contributed by atoms with E-state index >= 15 is 0 Å². The predicted molar refractivity (Wildman–Crippen MR) is 49.6 cm³/mol. The third kappa shape index (κ3) is 1.77. The predicted octanol–water partition coefficient (Wildman–Crippen LogP) is 2.18. The van der Waals surface area contributed by atoms with Gasteiger partial charge >= 0.3 is 5.82 Å². The molecule has 1 aliphatic rings. The van der Waals surface area contributed by atoms with Gasteiger partial charge in [0.05, 0.1) is 11.1 Å². The van der Waals surface area contributed by atoms with Crippen LogP contribution in [0.3, 0.4) is 0 Å². The molecule has 0 bridgehead atoms. The van der Waals surface area contributed by atoms with Crippen LogP contribution in [0.4, 0.5) is 5.82 Å². The summed E-state index contributed by atoms with van der Waals surface area (Å²) >= 11 is 5.78. The summed E-state index contributed by atoms with van der Waals surface area (Å²) in [6.07, 6.45) is 3.20. The number of nitrogens with zero attached hydrogens (tertiary/aromatic N) is 2. The second kappa shape index (κ2) is 3.42. The molecule has 0 aliphatic heterocycles. The first kappa shape index (κ1) is 9.21. The molecular formula is C8H7ClN2O3. The van der Waals surface area contributed by atoms with Crippen LogP contribution in [0.2, 0.25) is 5.02 Å². The Kier molecular flexibility index (Phi) is 2.25. The third-order valence-electron chi connectivity index (χ3n) is 1.82. The van der Waals surface area contributed by atoms with E-state index in [-0.39, 0.29) is 22.7 Å². The maximum absolute atomic E-state index is 10.6. The average molecular weight is 215 g/mol. The maximum atomic E-state index is 10.6. The molecule has 0 amide bonds. The summed E-state index contributed by atoms with van der Waals surface area (Å²) in [6.45, 7) is 0. The van der Waals surface area contributed by atoms with Crippen LogP contribution in [0, 0.1) is 10.1 Å². The van der Waals surface area contributed by atoms with Crippen LogP contribution in [-0.4, -0.2) is 16.0 Å². The normalized spacial score (nSPS) is 15.2.